The zero-order chi connectivity index (χ0) is 15.8. The number of nitrogens with one attached hydrogen (secondary N) is 1. The third-order valence-electron chi connectivity index (χ3n) is 4.36. The molecule has 0 aliphatic carbocycles. The number of aromatic nitrogens is 2. The summed E-state index contributed by atoms with van der Waals surface area (Å²) in [5.41, 5.74) is 9.17. The van der Waals surface area contributed by atoms with Crippen molar-refractivity contribution >= 4 is 33.9 Å². The summed E-state index contributed by atoms with van der Waals surface area (Å²) in [6.45, 7) is 0.929. The SMILES string of the molecule is NC(=S)n1nc(-c2ccc3ccccc3c2)c2c1NCCCC2. The van der Waals surface area contributed by atoms with E-state index in [4.69, 9.17) is 23.1 Å². The maximum atomic E-state index is 5.86. The van der Waals surface area contributed by atoms with Crippen molar-refractivity contribution in [1.29, 1.82) is 0 Å². The van der Waals surface area contributed by atoms with Gasteiger partial charge in [0.15, 0.2) is 5.11 Å². The highest BCUT2D eigenvalue weighted by Gasteiger charge is 2.21. The van der Waals surface area contributed by atoms with Gasteiger partial charge in [0.2, 0.25) is 0 Å². The minimum absolute atomic E-state index is 0.280. The molecule has 0 radical (unpaired) electrons. The maximum absolute atomic E-state index is 5.86. The van der Waals surface area contributed by atoms with E-state index in [0.29, 0.717) is 0 Å². The Hall–Kier alpha value is -2.40. The van der Waals surface area contributed by atoms with Crippen molar-refractivity contribution in [2.75, 3.05) is 11.9 Å². The van der Waals surface area contributed by atoms with E-state index in [-0.39, 0.29) is 5.11 Å². The average Bonchev–Trinajstić information content (AvgIpc) is 2.76. The van der Waals surface area contributed by atoms with Gasteiger partial charge in [-0.1, -0.05) is 36.4 Å². The zero-order valence-electron chi connectivity index (χ0n) is 12.7. The molecular weight excluding hydrogens is 304 g/mol. The summed E-state index contributed by atoms with van der Waals surface area (Å²) < 4.78 is 1.67. The molecule has 116 valence electrons. The number of nitrogens with two attached hydrogens (primary N) is 1. The fourth-order valence-corrected chi connectivity index (χ4v) is 3.36. The molecule has 2 heterocycles. The summed E-state index contributed by atoms with van der Waals surface area (Å²) in [6.07, 6.45) is 3.28. The van der Waals surface area contributed by atoms with Gasteiger partial charge in [-0.05, 0) is 48.3 Å². The molecule has 2 aromatic carbocycles. The largest absolute Gasteiger partial charge is 0.374 e. The van der Waals surface area contributed by atoms with Crippen LogP contribution in [-0.2, 0) is 6.42 Å². The van der Waals surface area contributed by atoms with Gasteiger partial charge in [-0.25, -0.2) is 0 Å². The van der Waals surface area contributed by atoms with Crippen LogP contribution in [0, 0.1) is 0 Å². The number of fused-ring (bicyclic) bond motifs is 2. The smallest absolute Gasteiger partial charge is 0.193 e. The third-order valence-corrected chi connectivity index (χ3v) is 4.53. The molecule has 0 atom stereocenters. The van der Waals surface area contributed by atoms with Crippen LogP contribution in [0.25, 0.3) is 22.0 Å². The van der Waals surface area contributed by atoms with Crippen LogP contribution in [-0.4, -0.2) is 21.4 Å². The van der Waals surface area contributed by atoms with E-state index in [0.717, 1.165) is 42.9 Å². The summed E-state index contributed by atoms with van der Waals surface area (Å²) >= 11 is 5.17. The Balaban J connectivity index is 1.91. The quantitative estimate of drug-likeness (QED) is 0.673. The second-order valence-corrected chi connectivity index (χ2v) is 6.29. The van der Waals surface area contributed by atoms with Gasteiger partial charge in [-0.15, -0.1) is 0 Å². The average molecular weight is 322 g/mol. The van der Waals surface area contributed by atoms with E-state index in [9.17, 15) is 0 Å². The number of thiocarbonyl (C=S) groups is 1. The maximum Gasteiger partial charge on any atom is 0.193 e. The van der Waals surface area contributed by atoms with Crippen LogP contribution >= 0.6 is 12.2 Å². The minimum atomic E-state index is 0.280. The van der Waals surface area contributed by atoms with E-state index in [1.807, 2.05) is 0 Å². The number of rotatable bonds is 1. The van der Waals surface area contributed by atoms with Gasteiger partial charge in [-0.2, -0.15) is 9.78 Å². The molecule has 1 aliphatic heterocycles. The lowest BCUT2D eigenvalue weighted by Gasteiger charge is -2.06. The molecule has 0 saturated carbocycles. The molecule has 0 fully saturated rings. The van der Waals surface area contributed by atoms with Gasteiger partial charge in [-0.3, -0.25) is 0 Å². The monoisotopic (exact) mass is 322 g/mol. The highest BCUT2D eigenvalue weighted by Crippen LogP contribution is 2.33. The minimum Gasteiger partial charge on any atom is -0.374 e. The first-order valence-corrected chi connectivity index (χ1v) is 8.29. The van der Waals surface area contributed by atoms with Gasteiger partial charge in [0, 0.05) is 17.7 Å². The third kappa shape index (κ3) is 2.47. The Morgan fingerprint density at radius 2 is 1.96 bits per heavy atom. The van der Waals surface area contributed by atoms with E-state index < -0.39 is 0 Å². The Bertz CT molecular complexity index is 897. The molecule has 0 amide bonds. The van der Waals surface area contributed by atoms with Crippen LogP contribution in [0.5, 0.6) is 0 Å². The van der Waals surface area contributed by atoms with Crippen molar-refractivity contribution in [2.45, 2.75) is 19.3 Å². The van der Waals surface area contributed by atoms with Gasteiger partial charge < -0.3 is 11.1 Å². The Morgan fingerprint density at radius 1 is 1.13 bits per heavy atom. The standard InChI is InChI=1S/C18H18N4S/c19-18(23)22-17-15(7-3-4-10-20-17)16(21-22)14-9-8-12-5-1-2-6-13(12)11-14/h1-2,5-6,8-9,11,20H,3-4,7,10H2,(H2,19,23). The number of hydrogen-bond acceptors (Lipinski definition) is 3. The lowest BCUT2D eigenvalue weighted by molar-refractivity contribution is 0.782. The molecule has 1 aliphatic rings. The number of nitrogens with zero attached hydrogens (tertiary/aromatic N) is 2. The molecular formula is C18H18N4S. The predicted octanol–water partition coefficient (Wildman–Crippen LogP) is 3.54. The number of anilines is 1. The first-order valence-electron chi connectivity index (χ1n) is 7.89. The number of hydrogen-bond donors (Lipinski definition) is 2. The fourth-order valence-electron chi connectivity index (χ4n) is 3.23. The van der Waals surface area contributed by atoms with Crippen LogP contribution in [0.4, 0.5) is 5.82 Å². The van der Waals surface area contributed by atoms with Crippen molar-refractivity contribution in [1.82, 2.24) is 9.78 Å². The summed E-state index contributed by atoms with van der Waals surface area (Å²) in [4.78, 5) is 0. The van der Waals surface area contributed by atoms with Crippen molar-refractivity contribution in [3.8, 4) is 11.3 Å². The number of benzene rings is 2. The van der Waals surface area contributed by atoms with Crippen molar-refractivity contribution in [3.05, 3.63) is 48.0 Å². The van der Waals surface area contributed by atoms with Gasteiger partial charge in [0.1, 0.15) is 5.82 Å². The molecule has 0 saturated heterocycles. The predicted molar refractivity (Wildman–Crippen MR) is 98.8 cm³/mol. The molecule has 3 aromatic rings. The summed E-state index contributed by atoms with van der Waals surface area (Å²) in [6, 6.07) is 14.8. The summed E-state index contributed by atoms with van der Waals surface area (Å²) in [5, 5.41) is 10.9. The lowest BCUT2D eigenvalue weighted by atomic mass is 10.0. The van der Waals surface area contributed by atoms with Crippen LogP contribution in [0.15, 0.2) is 42.5 Å². The lowest BCUT2D eigenvalue weighted by Crippen LogP contribution is -2.22. The first-order chi connectivity index (χ1) is 11.2. The van der Waals surface area contributed by atoms with Gasteiger partial charge in [0.05, 0.1) is 5.69 Å². The van der Waals surface area contributed by atoms with Crippen LogP contribution in [0.1, 0.15) is 18.4 Å². The van der Waals surface area contributed by atoms with E-state index in [1.54, 1.807) is 4.68 Å². The van der Waals surface area contributed by atoms with Crippen LogP contribution < -0.4 is 11.1 Å². The summed E-state index contributed by atoms with van der Waals surface area (Å²) in [5.74, 6) is 0.957. The fraction of sp³-hybridized carbons (Fsp3) is 0.222. The molecule has 5 heteroatoms. The van der Waals surface area contributed by atoms with Crippen LogP contribution in [0.3, 0.4) is 0 Å². The zero-order valence-corrected chi connectivity index (χ0v) is 13.6. The molecule has 23 heavy (non-hydrogen) atoms. The summed E-state index contributed by atoms with van der Waals surface area (Å²) in [7, 11) is 0. The van der Waals surface area contributed by atoms with E-state index in [2.05, 4.69) is 47.8 Å². The Kier molecular flexibility index (Phi) is 3.50. The van der Waals surface area contributed by atoms with Gasteiger partial charge >= 0.3 is 0 Å². The highest BCUT2D eigenvalue weighted by atomic mass is 32.1. The van der Waals surface area contributed by atoms with Crippen molar-refractivity contribution in [2.24, 2.45) is 5.73 Å². The molecule has 3 N–H and O–H groups in total. The van der Waals surface area contributed by atoms with Crippen LogP contribution in [0.2, 0.25) is 0 Å². The molecule has 4 nitrogen and oxygen atoms in total. The van der Waals surface area contributed by atoms with Crippen molar-refractivity contribution < 1.29 is 0 Å². The second-order valence-electron chi connectivity index (χ2n) is 5.87. The van der Waals surface area contributed by atoms with Gasteiger partial charge in [0.25, 0.3) is 0 Å². The van der Waals surface area contributed by atoms with Crippen molar-refractivity contribution in [3.63, 3.8) is 0 Å². The second kappa shape index (κ2) is 5.66. The molecule has 0 bridgehead atoms. The molecule has 4 rings (SSSR count). The first kappa shape index (κ1) is 14.2. The molecule has 1 aromatic heterocycles. The Morgan fingerprint density at radius 3 is 2.78 bits per heavy atom. The van der Waals surface area contributed by atoms with E-state index >= 15 is 0 Å². The molecule has 0 spiro atoms. The normalized spacial score (nSPS) is 14.1. The molecule has 0 unspecified atom stereocenters. The highest BCUT2D eigenvalue weighted by molar-refractivity contribution is 7.80. The Labute approximate surface area is 140 Å². The topological polar surface area (TPSA) is 55.9 Å². The van der Waals surface area contributed by atoms with E-state index in [1.165, 1.54) is 16.3 Å².